The second-order valence-corrected chi connectivity index (χ2v) is 3.47. The standard InChI is InChI=1S/C11H12N4O3/c1-2-18-11(17)9-10(12)15(14-13-9)7-3-5-8(16)6-4-7/h3-6,16H,2,12H2,1H3. The van der Waals surface area contributed by atoms with Crippen molar-refractivity contribution in [1.29, 1.82) is 0 Å². The van der Waals surface area contributed by atoms with Gasteiger partial charge in [-0.2, -0.15) is 4.68 Å². The van der Waals surface area contributed by atoms with Gasteiger partial charge >= 0.3 is 5.97 Å². The maximum absolute atomic E-state index is 11.5. The third-order valence-electron chi connectivity index (χ3n) is 2.27. The van der Waals surface area contributed by atoms with E-state index in [1.54, 1.807) is 19.1 Å². The van der Waals surface area contributed by atoms with E-state index in [1.807, 2.05) is 0 Å². The predicted molar refractivity (Wildman–Crippen MR) is 63.4 cm³/mol. The smallest absolute Gasteiger partial charge is 0.362 e. The Bertz CT molecular complexity index is 562. The highest BCUT2D eigenvalue weighted by Gasteiger charge is 2.19. The molecule has 0 aliphatic carbocycles. The largest absolute Gasteiger partial charge is 0.508 e. The number of carbonyl (C=O) groups excluding carboxylic acids is 1. The highest BCUT2D eigenvalue weighted by Crippen LogP contribution is 2.18. The summed E-state index contributed by atoms with van der Waals surface area (Å²) in [5.41, 5.74) is 6.35. The summed E-state index contributed by atoms with van der Waals surface area (Å²) in [7, 11) is 0. The Morgan fingerprint density at radius 3 is 2.72 bits per heavy atom. The predicted octanol–water partition coefficient (Wildman–Crippen LogP) is 0.732. The first-order valence-corrected chi connectivity index (χ1v) is 5.31. The van der Waals surface area contributed by atoms with Crippen LogP contribution in [0.1, 0.15) is 17.4 Å². The van der Waals surface area contributed by atoms with Gasteiger partial charge in [-0.05, 0) is 31.2 Å². The van der Waals surface area contributed by atoms with Gasteiger partial charge in [0, 0.05) is 0 Å². The van der Waals surface area contributed by atoms with Gasteiger partial charge in [-0.25, -0.2) is 4.79 Å². The molecular formula is C11H12N4O3. The van der Waals surface area contributed by atoms with Crippen molar-refractivity contribution in [2.24, 2.45) is 0 Å². The van der Waals surface area contributed by atoms with E-state index >= 15 is 0 Å². The number of benzene rings is 1. The van der Waals surface area contributed by atoms with Crippen molar-refractivity contribution in [3.05, 3.63) is 30.0 Å². The lowest BCUT2D eigenvalue weighted by molar-refractivity contribution is 0.0520. The molecule has 18 heavy (non-hydrogen) atoms. The Balaban J connectivity index is 2.36. The summed E-state index contributed by atoms with van der Waals surface area (Å²) in [5, 5.41) is 16.6. The Hall–Kier alpha value is -2.57. The second-order valence-electron chi connectivity index (χ2n) is 3.47. The van der Waals surface area contributed by atoms with Crippen LogP contribution in [0.2, 0.25) is 0 Å². The van der Waals surface area contributed by atoms with E-state index in [1.165, 1.54) is 16.8 Å². The summed E-state index contributed by atoms with van der Waals surface area (Å²) in [6.07, 6.45) is 0. The van der Waals surface area contributed by atoms with Crippen molar-refractivity contribution in [3.63, 3.8) is 0 Å². The van der Waals surface area contributed by atoms with Crippen LogP contribution in [-0.4, -0.2) is 32.7 Å². The molecular weight excluding hydrogens is 236 g/mol. The number of aromatic hydroxyl groups is 1. The first kappa shape index (κ1) is 11.9. The quantitative estimate of drug-likeness (QED) is 0.776. The molecule has 0 atom stereocenters. The summed E-state index contributed by atoms with van der Waals surface area (Å²) in [6.45, 7) is 1.93. The molecule has 1 heterocycles. The molecule has 0 fully saturated rings. The molecule has 0 saturated carbocycles. The van der Waals surface area contributed by atoms with Crippen LogP contribution in [0.15, 0.2) is 24.3 Å². The summed E-state index contributed by atoms with van der Waals surface area (Å²) in [6, 6.07) is 6.19. The Labute approximate surface area is 103 Å². The first-order valence-electron chi connectivity index (χ1n) is 5.31. The van der Waals surface area contributed by atoms with Gasteiger partial charge in [0.05, 0.1) is 12.3 Å². The van der Waals surface area contributed by atoms with Crippen molar-refractivity contribution >= 4 is 11.8 Å². The lowest BCUT2D eigenvalue weighted by atomic mass is 10.3. The van der Waals surface area contributed by atoms with Crippen LogP contribution >= 0.6 is 0 Å². The SMILES string of the molecule is CCOC(=O)c1nnn(-c2ccc(O)cc2)c1N. The summed E-state index contributed by atoms with van der Waals surface area (Å²) < 4.78 is 6.10. The van der Waals surface area contributed by atoms with E-state index in [9.17, 15) is 9.90 Å². The minimum Gasteiger partial charge on any atom is -0.508 e. The van der Waals surface area contributed by atoms with Gasteiger partial charge in [0.15, 0.2) is 5.82 Å². The fourth-order valence-electron chi connectivity index (χ4n) is 1.42. The molecule has 0 saturated heterocycles. The topological polar surface area (TPSA) is 103 Å². The van der Waals surface area contributed by atoms with Crippen LogP contribution in [0, 0.1) is 0 Å². The van der Waals surface area contributed by atoms with E-state index in [0.29, 0.717) is 5.69 Å². The molecule has 0 radical (unpaired) electrons. The molecule has 0 spiro atoms. The molecule has 0 bridgehead atoms. The van der Waals surface area contributed by atoms with Gasteiger partial charge in [-0.3, -0.25) is 0 Å². The third kappa shape index (κ3) is 2.10. The molecule has 1 aromatic heterocycles. The van der Waals surface area contributed by atoms with E-state index < -0.39 is 5.97 Å². The van der Waals surface area contributed by atoms with Crippen LogP contribution in [0.3, 0.4) is 0 Å². The molecule has 2 rings (SSSR count). The number of nitrogens with zero attached hydrogens (tertiary/aromatic N) is 3. The van der Waals surface area contributed by atoms with E-state index in [4.69, 9.17) is 10.5 Å². The summed E-state index contributed by atoms with van der Waals surface area (Å²) in [5.74, 6) is -0.387. The van der Waals surface area contributed by atoms with E-state index in [2.05, 4.69) is 10.3 Å². The fraction of sp³-hybridized carbons (Fsp3) is 0.182. The minimum absolute atomic E-state index is 0.0232. The number of phenolic OH excluding ortho intramolecular Hbond substituents is 1. The number of aromatic nitrogens is 3. The maximum Gasteiger partial charge on any atom is 0.362 e. The summed E-state index contributed by atoms with van der Waals surface area (Å²) in [4.78, 5) is 11.5. The monoisotopic (exact) mass is 248 g/mol. The lowest BCUT2D eigenvalue weighted by Crippen LogP contribution is -2.09. The Morgan fingerprint density at radius 1 is 1.44 bits per heavy atom. The molecule has 94 valence electrons. The number of nitrogen functional groups attached to an aromatic ring is 1. The number of esters is 1. The number of hydrogen-bond donors (Lipinski definition) is 2. The van der Waals surface area contributed by atoms with Crippen molar-refractivity contribution in [3.8, 4) is 11.4 Å². The number of carbonyl (C=O) groups is 1. The molecule has 1 aromatic carbocycles. The third-order valence-corrected chi connectivity index (χ3v) is 2.27. The number of phenols is 1. The van der Waals surface area contributed by atoms with Crippen LogP contribution < -0.4 is 5.73 Å². The second kappa shape index (κ2) is 4.74. The van der Waals surface area contributed by atoms with Crippen LogP contribution in [0.5, 0.6) is 5.75 Å². The molecule has 0 unspecified atom stereocenters. The Morgan fingerprint density at radius 2 is 2.11 bits per heavy atom. The summed E-state index contributed by atoms with van der Waals surface area (Å²) >= 11 is 0. The van der Waals surface area contributed by atoms with Gasteiger partial charge in [0.25, 0.3) is 0 Å². The Kier molecular flexibility index (Phi) is 3.13. The van der Waals surface area contributed by atoms with Crippen molar-refractivity contribution in [1.82, 2.24) is 15.0 Å². The minimum atomic E-state index is -0.611. The zero-order valence-electron chi connectivity index (χ0n) is 9.70. The van der Waals surface area contributed by atoms with Gasteiger partial charge in [-0.1, -0.05) is 5.21 Å². The van der Waals surface area contributed by atoms with Crippen molar-refractivity contribution in [2.75, 3.05) is 12.3 Å². The van der Waals surface area contributed by atoms with Crippen molar-refractivity contribution < 1.29 is 14.6 Å². The number of anilines is 1. The molecule has 0 amide bonds. The molecule has 0 aliphatic heterocycles. The first-order chi connectivity index (χ1) is 8.63. The van der Waals surface area contributed by atoms with Crippen LogP contribution in [0.25, 0.3) is 5.69 Å². The number of ether oxygens (including phenoxy) is 1. The number of hydrogen-bond acceptors (Lipinski definition) is 6. The number of rotatable bonds is 3. The molecule has 0 aliphatic rings. The lowest BCUT2D eigenvalue weighted by Gasteiger charge is -2.03. The molecule has 7 heteroatoms. The van der Waals surface area contributed by atoms with E-state index in [-0.39, 0.29) is 23.9 Å². The maximum atomic E-state index is 11.5. The zero-order valence-corrected chi connectivity index (χ0v) is 9.70. The van der Waals surface area contributed by atoms with Crippen LogP contribution in [0.4, 0.5) is 5.82 Å². The van der Waals surface area contributed by atoms with Crippen molar-refractivity contribution in [2.45, 2.75) is 6.92 Å². The van der Waals surface area contributed by atoms with E-state index in [0.717, 1.165) is 0 Å². The highest BCUT2D eigenvalue weighted by molar-refractivity contribution is 5.92. The fourth-order valence-corrected chi connectivity index (χ4v) is 1.42. The van der Waals surface area contributed by atoms with Gasteiger partial charge in [-0.15, -0.1) is 5.10 Å². The molecule has 2 aromatic rings. The average molecular weight is 248 g/mol. The van der Waals surface area contributed by atoms with Crippen LogP contribution in [-0.2, 0) is 4.74 Å². The number of nitrogens with two attached hydrogens (primary N) is 1. The van der Waals surface area contributed by atoms with Gasteiger partial charge in [0.1, 0.15) is 5.75 Å². The molecule has 7 nitrogen and oxygen atoms in total. The zero-order chi connectivity index (χ0) is 13.1. The molecule has 3 N–H and O–H groups in total. The average Bonchev–Trinajstić information content (AvgIpc) is 2.73. The normalized spacial score (nSPS) is 10.3. The highest BCUT2D eigenvalue weighted by atomic mass is 16.5. The van der Waals surface area contributed by atoms with Gasteiger partial charge < -0.3 is 15.6 Å². The van der Waals surface area contributed by atoms with Gasteiger partial charge in [0.2, 0.25) is 5.69 Å².